The molecule has 4 N–H and O–H groups in total. The lowest BCUT2D eigenvalue weighted by Gasteiger charge is -2.37. The first-order chi connectivity index (χ1) is 9.49. The van der Waals surface area contributed by atoms with E-state index in [4.69, 9.17) is 11.5 Å². The van der Waals surface area contributed by atoms with Gasteiger partial charge in [0.05, 0.1) is 16.9 Å². The van der Waals surface area contributed by atoms with Crippen LogP contribution in [0.25, 0.3) is 0 Å². The van der Waals surface area contributed by atoms with Crippen molar-refractivity contribution in [1.29, 1.82) is 0 Å². The Morgan fingerprint density at radius 1 is 1.25 bits per heavy atom. The van der Waals surface area contributed by atoms with Crippen molar-refractivity contribution in [3.8, 4) is 0 Å². The van der Waals surface area contributed by atoms with E-state index in [-0.39, 0.29) is 0 Å². The first kappa shape index (κ1) is 14.7. The number of carbonyl (C=O) groups is 1. The minimum Gasteiger partial charge on any atom is -0.397 e. The third-order valence-corrected chi connectivity index (χ3v) is 3.64. The summed E-state index contributed by atoms with van der Waals surface area (Å²) in [4.78, 5) is 16.2. The van der Waals surface area contributed by atoms with Crippen LogP contribution in [0.2, 0.25) is 0 Å². The van der Waals surface area contributed by atoms with Crippen LogP contribution >= 0.6 is 0 Å². The monoisotopic (exact) mass is 276 g/mol. The zero-order valence-electron chi connectivity index (χ0n) is 12.3. The van der Waals surface area contributed by atoms with E-state index in [2.05, 4.69) is 23.6 Å². The molecule has 0 unspecified atom stereocenters. The maximum Gasteiger partial charge on any atom is 0.250 e. The Morgan fingerprint density at radius 2 is 1.90 bits per heavy atom. The number of hydrogen-bond acceptors (Lipinski definition) is 4. The van der Waals surface area contributed by atoms with Crippen LogP contribution in [0.15, 0.2) is 18.2 Å². The molecule has 1 aliphatic rings. The van der Waals surface area contributed by atoms with Crippen LogP contribution in [0.1, 0.15) is 24.2 Å². The van der Waals surface area contributed by atoms with E-state index in [9.17, 15) is 4.79 Å². The Hall–Kier alpha value is -1.75. The number of piperazine rings is 1. The molecule has 1 saturated heterocycles. The van der Waals surface area contributed by atoms with E-state index < -0.39 is 5.91 Å². The van der Waals surface area contributed by atoms with Crippen LogP contribution in [0.4, 0.5) is 11.4 Å². The maximum atomic E-state index is 11.6. The van der Waals surface area contributed by atoms with Crippen molar-refractivity contribution in [2.24, 2.45) is 11.7 Å². The second-order valence-electron chi connectivity index (χ2n) is 5.79. The van der Waals surface area contributed by atoms with Crippen LogP contribution < -0.4 is 16.4 Å². The fourth-order valence-corrected chi connectivity index (χ4v) is 2.78. The Kier molecular flexibility index (Phi) is 4.49. The number of rotatable bonds is 4. The van der Waals surface area contributed by atoms with Gasteiger partial charge in [-0.05, 0) is 18.1 Å². The molecular formula is C15H24N4O. The summed E-state index contributed by atoms with van der Waals surface area (Å²) in [6, 6.07) is 5.34. The molecule has 5 heteroatoms. The van der Waals surface area contributed by atoms with Gasteiger partial charge in [-0.1, -0.05) is 19.9 Å². The number of benzene rings is 1. The summed E-state index contributed by atoms with van der Waals surface area (Å²) in [5.74, 6) is 0.251. The highest BCUT2D eigenvalue weighted by atomic mass is 16.1. The molecule has 0 saturated carbocycles. The number of anilines is 2. The molecule has 5 nitrogen and oxygen atoms in total. The van der Waals surface area contributed by atoms with Crippen molar-refractivity contribution >= 4 is 17.3 Å². The van der Waals surface area contributed by atoms with Gasteiger partial charge in [0.1, 0.15) is 0 Å². The smallest absolute Gasteiger partial charge is 0.250 e. The largest absolute Gasteiger partial charge is 0.397 e. The lowest BCUT2D eigenvalue weighted by atomic mass is 10.1. The van der Waals surface area contributed by atoms with Crippen LogP contribution in [-0.4, -0.2) is 43.5 Å². The van der Waals surface area contributed by atoms with Crippen LogP contribution in [-0.2, 0) is 0 Å². The molecule has 1 aliphatic heterocycles. The highest BCUT2D eigenvalue weighted by molar-refractivity contribution is 6.01. The average molecular weight is 276 g/mol. The summed E-state index contributed by atoms with van der Waals surface area (Å²) in [5, 5.41) is 0. The molecule has 0 bridgehead atoms. The summed E-state index contributed by atoms with van der Waals surface area (Å²) in [5.41, 5.74) is 13.4. The molecule has 0 aromatic heterocycles. The number of carbonyl (C=O) groups excluding carboxylic acids is 1. The van der Waals surface area contributed by atoms with Crippen molar-refractivity contribution in [3.05, 3.63) is 23.8 Å². The van der Waals surface area contributed by atoms with Gasteiger partial charge in [0, 0.05) is 32.7 Å². The first-order valence-corrected chi connectivity index (χ1v) is 7.14. The Balaban J connectivity index is 2.13. The van der Waals surface area contributed by atoms with E-state index in [1.165, 1.54) is 0 Å². The van der Waals surface area contributed by atoms with E-state index >= 15 is 0 Å². The molecule has 0 aliphatic carbocycles. The van der Waals surface area contributed by atoms with Crippen molar-refractivity contribution in [3.63, 3.8) is 0 Å². The number of hydrogen-bond donors (Lipinski definition) is 2. The molecular weight excluding hydrogens is 252 g/mol. The number of primary amides is 1. The molecule has 0 radical (unpaired) electrons. The zero-order valence-corrected chi connectivity index (χ0v) is 12.3. The van der Waals surface area contributed by atoms with Gasteiger partial charge in [0.25, 0.3) is 5.91 Å². The molecule has 20 heavy (non-hydrogen) atoms. The zero-order chi connectivity index (χ0) is 14.7. The predicted octanol–water partition coefficient (Wildman–Crippen LogP) is 1.15. The standard InChI is InChI=1S/C15H24N4O/c1-11(2)10-18-6-8-19(9-7-18)14-12(15(17)20)4-3-5-13(14)16/h3-5,11H,6-10,16H2,1-2H3,(H2,17,20). The van der Waals surface area contributed by atoms with Gasteiger partial charge in [-0.3, -0.25) is 9.69 Å². The Bertz CT molecular complexity index is 479. The lowest BCUT2D eigenvalue weighted by Crippen LogP contribution is -2.48. The SMILES string of the molecule is CC(C)CN1CCN(c2c(N)cccc2C(N)=O)CC1. The number of amides is 1. The summed E-state index contributed by atoms with van der Waals surface area (Å²) in [7, 11) is 0. The van der Waals surface area contributed by atoms with Gasteiger partial charge in [-0.2, -0.15) is 0 Å². The minimum atomic E-state index is -0.420. The van der Waals surface area contributed by atoms with Gasteiger partial charge >= 0.3 is 0 Å². The van der Waals surface area contributed by atoms with E-state index in [1.807, 2.05) is 6.07 Å². The van der Waals surface area contributed by atoms with E-state index in [0.717, 1.165) is 38.4 Å². The van der Waals surface area contributed by atoms with Gasteiger partial charge < -0.3 is 16.4 Å². The normalized spacial score (nSPS) is 16.6. The molecule has 1 aromatic rings. The molecule has 1 amide bonds. The molecule has 2 rings (SSSR count). The fraction of sp³-hybridized carbons (Fsp3) is 0.533. The number of para-hydroxylation sites is 1. The average Bonchev–Trinajstić information content (AvgIpc) is 2.39. The molecule has 110 valence electrons. The van der Waals surface area contributed by atoms with Crippen molar-refractivity contribution < 1.29 is 4.79 Å². The van der Waals surface area contributed by atoms with Crippen LogP contribution in [0.5, 0.6) is 0 Å². The van der Waals surface area contributed by atoms with Crippen molar-refractivity contribution in [2.45, 2.75) is 13.8 Å². The van der Waals surface area contributed by atoms with Gasteiger partial charge in [-0.15, -0.1) is 0 Å². The predicted molar refractivity (Wildman–Crippen MR) is 82.9 cm³/mol. The van der Waals surface area contributed by atoms with Gasteiger partial charge in [0.2, 0.25) is 0 Å². The van der Waals surface area contributed by atoms with Crippen LogP contribution in [0, 0.1) is 5.92 Å². The first-order valence-electron chi connectivity index (χ1n) is 7.14. The third-order valence-electron chi connectivity index (χ3n) is 3.64. The molecule has 1 fully saturated rings. The van der Waals surface area contributed by atoms with Gasteiger partial charge in [0.15, 0.2) is 0 Å². The fourth-order valence-electron chi connectivity index (χ4n) is 2.78. The van der Waals surface area contributed by atoms with Gasteiger partial charge in [-0.25, -0.2) is 0 Å². The number of nitrogens with zero attached hydrogens (tertiary/aromatic N) is 2. The molecule has 1 aromatic carbocycles. The van der Waals surface area contributed by atoms with Crippen LogP contribution in [0.3, 0.4) is 0 Å². The maximum absolute atomic E-state index is 11.6. The number of nitrogens with two attached hydrogens (primary N) is 2. The van der Waals surface area contributed by atoms with Crippen molar-refractivity contribution in [1.82, 2.24) is 4.90 Å². The molecule has 0 atom stereocenters. The quantitative estimate of drug-likeness (QED) is 0.809. The second-order valence-corrected chi connectivity index (χ2v) is 5.79. The Morgan fingerprint density at radius 3 is 2.45 bits per heavy atom. The summed E-state index contributed by atoms with van der Waals surface area (Å²) in [6.45, 7) is 9.30. The molecule has 1 heterocycles. The molecule has 0 spiro atoms. The highest BCUT2D eigenvalue weighted by Crippen LogP contribution is 2.28. The highest BCUT2D eigenvalue weighted by Gasteiger charge is 2.22. The second kappa shape index (κ2) is 6.13. The summed E-state index contributed by atoms with van der Waals surface area (Å²) in [6.07, 6.45) is 0. The summed E-state index contributed by atoms with van der Waals surface area (Å²) >= 11 is 0. The van der Waals surface area contributed by atoms with Crippen molar-refractivity contribution in [2.75, 3.05) is 43.4 Å². The lowest BCUT2D eigenvalue weighted by molar-refractivity contribution is 0.100. The van der Waals surface area contributed by atoms with E-state index in [0.29, 0.717) is 17.2 Å². The third kappa shape index (κ3) is 3.22. The number of nitrogen functional groups attached to an aromatic ring is 1. The topological polar surface area (TPSA) is 75.6 Å². The Labute approximate surface area is 120 Å². The minimum absolute atomic E-state index is 0.420. The van der Waals surface area contributed by atoms with E-state index in [1.54, 1.807) is 12.1 Å². The summed E-state index contributed by atoms with van der Waals surface area (Å²) < 4.78 is 0.